The molecule has 1 aliphatic heterocycles. The van der Waals surface area contributed by atoms with Crippen molar-refractivity contribution in [1.29, 1.82) is 0 Å². The van der Waals surface area contributed by atoms with Gasteiger partial charge in [0.25, 0.3) is 0 Å². The molecule has 6 heteroatoms. The van der Waals surface area contributed by atoms with Gasteiger partial charge < -0.3 is 19.7 Å². The van der Waals surface area contributed by atoms with Crippen LogP contribution in [0.4, 0.5) is 11.4 Å². The number of amides is 2. The van der Waals surface area contributed by atoms with Crippen LogP contribution in [-0.4, -0.2) is 32.6 Å². The van der Waals surface area contributed by atoms with E-state index in [2.05, 4.69) is 5.32 Å². The van der Waals surface area contributed by atoms with Gasteiger partial charge in [-0.15, -0.1) is 0 Å². The molecule has 0 aliphatic carbocycles. The Morgan fingerprint density at radius 1 is 1.12 bits per heavy atom. The molecule has 0 unspecified atom stereocenters. The molecular weight excluding hydrogens is 320 g/mol. The van der Waals surface area contributed by atoms with E-state index in [-0.39, 0.29) is 24.8 Å². The molecule has 1 aliphatic rings. The summed E-state index contributed by atoms with van der Waals surface area (Å²) in [7, 11) is 3.16. The van der Waals surface area contributed by atoms with Crippen molar-refractivity contribution in [2.24, 2.45) is 0 Å². The summed E-state index contributed by atoms with van der Waals surface area (Å²) < 4.78 is 10.7. The molecule has 0 aromatic heterocycles. The van der Waals surface area contributed by atoms with Crippen molar-refractivity contribution in [3.8, 4) is 11.5 Å². The van der Waals surface area contributed by atoms with Crippen molar-refractivity contribution < 1.29 is 19.1 Å². The number of anilines is 2. The third-order valence-electron chi connectivity index (χ3n) is 4.16. The van der Waals surface area contributed by atoms with Gasteiger partial charge in [-0.25, -0.2) is 0 Å². The quantitative estimate of drug-likeness (QED) is 0.908. The average Bonchev–Trinajstić information content (AvgIpc) is 2.64. The number of nitrogens with one attached hydrogen (secondary N) is 1. The Bertz CT molecular complexity index is 804. The van der Waals surface area contributed by atoms with Crippen molar-refractivity contribution in [1.82, 2.24) is 0 Å². The molecule has 0 radical (unpaired) electrons. The number of ether oxygens (including phenoxy) is 2. The van der Waals surface area contributed by atoms with E-state index in [0.29, 0.717) is 23.6 Å². The molecule has 25 heavy (non-hydrogen) atoms. The molecule has 2 amide bonds. The average molecular weight is 340 g/mol. The molecular formula is C19H20N2O4. The summed E-state index contributed by atoms with van der Waals surface area (Å²) in [5.41, 5.74) is 2.28. The van der Waals surface area contributed by atoms with Gasteiger partial charge >= 0.3 is 0 Å². The smallest absolute Gasteiger partial charge is 0.244 e. The fourth-order valence-corrected chi connectivity index (χ4v) is 2.98. The van der Waals surface area contributed by atoms with E-state index in [9.17, 15) is 9.59 Å². The van der Waals surface area contributed by atoms with Gasteiger partial charge in [0, 0.05) is 6.42 Å². The third-order valence-corrected chi connectivity index (χ3v) is 4.16. The minimum atomic E-state index is -0.189. The van der Waals surface area contributed by atoms with Crippen molar-refractivity contribution in [3.63, 3.8) is 0 Å². The second-order valence-corrected chi connectivity index (χ2v) is 5.70. The molecule has 0 saturated carbocycles. The zero-order valence-electron chi connectivity index (χ0n) is 14.2. The highest BCUT2D eigenvalue weighted by molar-refractivity contribution is 6.09. The van der Waals surface area contributed by atoms with Gasteiger partial charge in [-0.05, 0) is 30.2 Å². The van der Waals surface area contributed by atoms with Gasteiger partial charge in [0.2, 0.25) is 11.8 Å². The van der Waals surface area contributed by atoms with Crippen LogP contribution in [0.15, 0.2) is 42.5 Å². The SMILES string of the molecule is COc1cccc(CCC(=O)N2CC(=O)Nc3ccccc32)c1OC. The topological polar surface area (TPSA) is 67.9 Å². The maximum absolute atomic E-state index is 12.7. The van der Waals surface area contributed by atoms with Gasteiger partial charge in [-0.1, -0.05) is 24.3 Å². The lowest BCUT2D eigenvalue weighted by Gasteiger charge is -2.29. The number of hydrogen-bond acceptors (Lipinski definition) is 4. The predicted octanol–water partition coefficient (Wildman–Crippen LogP) is 2.62. The van der Waals surface area contributed by atoms with E-state index in [1.165, 1.54) is 4.90 Å². The molecule has 130 valence electrons. The summed E-state index contributed by atoms with van der Waals surface area (Å²) >= 11 is 0. The molecule has 0 saturated heterocycles. The number of fused-ring (bicyclic) bond motifs is 1. The number of methoxy groups -OCH3 is 2. The van der Waals surface area contributed by atoms with Crippen LogP contribution >= 0.6 is 0 Å². The molecule has 1 heterocycles. The van der Waals surface area contributed by atoms with Crippen LogP contribution in [0.5, 0.6) is 11.5 Å². The van der Waals surface area contributed by atoms with Crippen molar-refractivity contribution >= 4 is 23.2 Å². The molecule has 3 rings (SSSR count). The Hall–Kier alpha value is -3.02. The number of hydrogen-bond donors (Lipinski definition) is 1. The van der Waals surface area contributed by atoms with E-state index < -0.39 is 0 Å². The van der Waals surface area contributed by atoms with E-state index in [4.69, 9.17) is 9.47 Å². The molecule has 0 bridgehead atoms. The zero-order chi connectivity index (χ0) is 17.8. The fourth-order valence-electron chi connectivity index (χ4n) is 2.98. The number of carbonyl (C=O) groups is 2. The zero-order valence-corrected chi connectivity index (χ0v) is 14.2. The van der Waals surface area contributed by atoms with Crippen molar-refractivity contribution in [2.45, 2.75) is 12.8 Å². The first-order valence-electron chi connectivity index (χ1n) is 8.03. The third kappa shape index (κ3) is 3.42. The van der Waals surface area contributed by atoms with Crippen molar-refractivity contribution in [2.75, 3.05) is 31.0 Å². The Balaban J connectivity index is 1.77. The normalized spacial score (nSPS) is 13.0. The number of carbonyl (C=O) groups excluding carboxylic acids is 2. The van der Waals surface area contributed by atoms with Gasteiger partial charge in [-0.3, -0.25) is 9.59 Å². The predicted molar refractivity (Wildman–Crippen MR) is 95.3 cm³/mol. The van der Waals surface area contributed by atoms with Crippen LogP contribution in [0.3, 0.4) is 0 Å². The van der Waals surface area contributed by atoms with Gasteiger partial charge in [0.05, 0.1) is 25.6 Å². The van der Waals surface area contributed by atoms with Gasteiger partial charge in [0.15, 0.2) is 11.5 Å². The number of nitrogens with zero attached hydrogens (tertiary/aromatic N) is 1. The molecule has 0 spiro atoms. The first-order chi connectivity index (χ1) is 12.1. The van der Waals surface area contributed by atoms with Crippen LogP contribution in [0.25, 0.3) is 0 Å². The fraction of sp³-hybridized carbons (Fsp3) is 0.263. The second-order valence-electron chi connectivity index (χ2n) is 5.70. The van der Waals surface area contributed by atoms with Gasteiger partial charge in [0.1, 0.15) is 6.54 Å². The summed E-state index contributed by atoms with van der Waals surface area (Å²) in [5.74, 6) is 0.975. The summed E-state index contributed by atoms with van der Waals surface area (Å²) in [6, 6.07) is 12.9. The van der Waals surface area contributed by atoms with Crippen LogP contribution in [0.2, 0.25) is 0 Å². The molecule has 0 atom stereocenters. The second kappa shape index (κ2) is 7.25. The lowest BCUT2D eigenvalue weighted by atomic mass is 10.1. The Morgan fingerprint density at radius 2 is 1.92 bits per heavy atom. The molecule has 1 N–H and O–H groups in total. The summed E-state index contributed by atoms with van der Waals surface area (Å²) in [5, 5.41) is 2.78. The minimum Gasteiger partial charge on any atom is -0.493 e. The first kappa shape index (κ1) is 16.8. The maximum Gasteiger partial charge on any atom is 0.244 e. The highest BCUT2D eigenvalue weighted by atomic mass is 16.5. The highest BCUT2D eigenvalue weighted by Gasteiger charge is 2.26. The Morgan fingerprint density at radius 3 is 2.68 bits per heavy atom. The molecule has 0 fully saturated rings. The van der Waals surface area contributed by atoms with Crippen LogP contribution < -0.4 is 19.7 Å². The van der Waals surface area contributed by atoms with Crippen LogP contribution in [-0.2, 0) is 16.0 Å². The first-order valence-corrected chi connectivity index (χ1v) is 8.03. The largest absolute Gasteiger partial charge is 0.493 e. The van der Waals surface area contributed by atoms with Crippen molar-refractivity contribution in [3.05, 3.63) is 48.0 Å². The Labute approximate surface area is 146 Å². The van der Waals surface area contributed by atoms with Crippen LogP contribution in [0.1, 0.15) is 12.0 Å². The van der Waals surface area contributed by atoms with E-state index >= 15 is 0 Å². The lowest BCUT2D eigenvalue weighted by Crippen LogP contribution is -2.42. The molecule has 2 aromatic rings. The number of aryl methyl sites for hydroxylation is 1. The lowest BCUT2D eigenvalue weighted by molar-refractivity contribution is -0.121. The van der Waals surface area contributed by atoms with E-state index in [0.717, 1.165) is 11.3 Å². The summed E-state index contributed by atoms with van der Waals surface area (Å²) in [6.45, 7) is 0.0328. The van der Waals surface area contributed by atoms with E-state index in [1.54, 1.807) is 20.3 Å². The minimum absolute atomic E-state index is 0.0328. The summed E-state index contributed by atoms with van der Waals surface area (Å²) in [6.07, 6.45) is 0.768. The Kier molecular flexibility index (Phi) is 4.88. The number of para-hydroxylation sites is 3. The van der Waals surface area contributed by atoms with Gasteiger partial charge in [-0.2, -0.15) is 0 Å². The van der Waals surface area contributed by atoms with E-state index in [1.807, 2.05) is 36.4 Å². The number of rotatable bonds is 5. The maximum atomic E-state index is 12.7. The molecule has 2 aromatic carbocycles. The standard InChI is InChI=1S/C19H20N2O4/c1-24-16-9-5-6-13(19(16)25-2)10-11-18(23)21-12-17(22)20-14-7-3-4-8-15(14)21/h3-9H,10-12H2,1-2H3,(H,20,22). The summed E-state index contributed by atoms with van der Waals surface area (Å²) in [4.78, 5) is 26.1. The monoisotopic (exact) mass is 340 g/mol. The number of benzene rings is 2. The van der Waals surface area contributed by atoms with Crippen LogP contribution in [0, 0.1) is 0 Å². The highest BCUT2D eigenvalue weighted by Crippen LogP contribution is 2.33. The molecule has 6 nitrogen and oxygen atoms in total.